The van der Waals surface area contributed by atoms with Gasteiger partial charge >= 0.3 is 5.97 Å². The van der Waals surface area contributed by atoms with E-state index in [1.165, 1.54) is 32.8 Å². The molecule has 0 aromatic carbocycles. The predicted octanol–water partition coefficient (Wildman–Crippen LogP) is 1.92. The molecule has 0 radical (unpaired) electrons. The summed E-state index contributed by atoms with van der Waals surface area (Å²) in [7, 11) is 1.40. The highest BCUT2D eigenvalue weighted by Crippen LogP contribution is 2.27. The molecule has 106 valence electrons. The summed E-state index contributed by atoms with van der Waals surface area (Å²) in [5.74, 6) is -0.322. The third-order valence-corrected chi connectivity index (χ3v) is 4.10. The van der Waals surface area contributed by atoms with E-state index < -0.39 is 5.54 Å². The van der Waals surface area contributed by atoms with Crippen LogP contribution in [0, 0.1) is 0 Å². The van der Waals surface area contributed by atoms with E-state index in [0.717, 1.165) is 6.54 Å². The lowest BCUT2D eigenvalue weighted by molar-refractivity contribution is -0.147. The van der Waals surface area contributed by atoms with Crippen LogP contribution < -0.4 is 5.73 Å². The molecule has 0 aromatic heterocycles. The molecule has 0 saturated heterocycles. The summed E-state index contributed by atoms with van der Waals surface area (Å²) >= 11 is 0. The van der Waals surface area contributed by atoms with Gasteiger partial charge in [0.25, 0.3) is 0 Å². The van der Waals surface area contributed by atoms with Crippen molar-refractivity contribution in [1.82, 2.24) is 4.90 Å². The lowest BCUT2D eigenvalue weighted by Gasteiger charge is -2.36. The van der Waals surface area contributed by atoms with Crippen molar-refractivity contribution in [2.45, 2.75) is 70.5 Å². The first-order valence-electron chi connectivity index (χ1n) is 7.05. The molecule has 1 saturated carbocycles. The maximum Gasteiger partial charge on any atom is 0.325 e. The summed E-state index contributed by atoms with van der Waals surface area (Å²) in [5.41, 5.74) is 5.17. The first kappa shape index (κ1) is 15.4. The number of carbonyl (C=O) groups is 1. The van der Waals surface area contributed by atoms with Crippen LogP contribution in [-0.2, 0) is 9.53 Å². The van der Waals surface area contributed by atoms with E-state index in [9.17, 15) is 4.79 Å². The Labute approximate surface area is 111 Å². The van der Waals surface area contributed by atoms with Gasteiger partial charge in [0.15, 0.2) is 0 Å². The van der Waals surface area contributed by atoms with Gasteiger partial charge in [-0.1, -0.05) is 19.8 Å². The molecule has 2 N–H and O–H groups in total. The van der Waals surface area contributed by atoms with E-state index in [1.54, 1.807) is 6.92 Å². The van der Waals surface area contributed by atoms with Crippen LogP contribution in [0.5, 0.6) is 0 Å². The Hall–Kier alpha value is -0.610. The third-order valence-electron chi connectivity index (χ3n) is 4.10. The summed E-state index contributed by atoms with van der Waals surface area (Å²) in [6.45, 7) is 7.12. The van der Waals surface area contributed by atoms with E-state index in [0.29, 0.717) is 18.5 Å². The fourth-order valence-corrected chi connectivity index (χ4v) is 3.21. The maximum atomic E-state index is 11.6. The minimum absolute atomic E-state index is 0.312. The second kappa shape index (κ2) is 6.53. The Morgan fingerprint density at radius 1 is 1.50 bits per heavy atom. The van der Waals surface area contributed by atoms with Gasteiger partial charge < -0.3 is 10.5 Å². The lowest BCUT2D eigenvalue weighted by atomic mass is 9.93. The largest absolute Gasteiger partial charge is 0.468 e. The molecule has 0 spiro atoms. The first-order valence-corrected chi connectivity index (χ1v) is 7.05. The van der Waals surface area contributed by atoms with E-state index in [1.807, 2.05) is 0 Å². The molecule has 2 atom stereocenters. The Bertz CT molecular complexity index is 273. The Morgan fingerprint density at radius 3 is 2.50 bits per heavy atom. The molecule has 0 aromatic rings. The van der Waals surface area contributed by atoms with Gasteiger partial charge in [-0.05, 0) is 39.7 Å². The number of hydrogen-bond acceptors (Lipinski definition) is 4. The monoisotopic (exact) mass is 256 g/mol. The van der Waals surface area contributed by atoms with E-state index in [4.69, 9.17) is 10.5 Å². The van der Waals surface area contributed by atoms with Crippen molar-refractivity contribution < 1.29 is 9.53 Å². The molecule has 4 nitrogen and oxygen atoms in total. The van der Waals surface area contributed by atoms with E-state index >= 15 is 0 Å². The number of nitrogens with zero attached hydrogens (tertiary/aromatic N) is 1. The van der Waals surface area contributed by atoms with Gasteiger partial charge in [-0.3, -0.25) is 9.69 Å². The van der Waals surface area contributed by atoms with Crippen LogP contribution in [0.4, 0.5) is 0 Å². The van der Waals surface area contributed by atoms with Crippen molar-refractivity contribution in [3.8, 4) is 0 Å². The van der Waals surface area contributed by atoms with Crippen LogP contribution in [0.3, 0.4) is 0 Å². The Kier molecular flexibility index (Phi) is 5.60. The molecular weight excluding hydrogens is 228 g/mol. The lowest BCUT2D eigenvalue weighted by Crippen LogP contribution is -2.52. The van der Waals surface area contributed by atoms with Crippen molar-refractivity contribution in [3.05, 3.63) is 0 Å². The number of ether oxygens (including phenoxy) is 1. The molecule has 1 aliphatic carbocycles. The number of hydrogen-bond donors (Lipinski definition) is 1. The average Bonchev–Trinajstić information content (AvgIpc) is 2.81. The first-order chi connectivity index (χ1) is 8.42. The summed E-state index contributed by atoms with van der Waals surface area (Å²) in [4.78, 5) is 14.1. The van der Waals surface area contributed by atoms with Crippen molar-refractivity contribution >= 4 is 5.97 Å². The highest BCUT2D eigenvalue weighted by Gasteiger charge is 2.34. The minimum Gasteiger partial charge on any atom is -0.468 e. The molecule has 1 fully saturated rings. The van der Waals surface area contributed by atoms with Crippen molar-refractivity contribution in [2.24, 2.45) is 5.73 Å². The fraction of sp³-hybridized carbons (Fsp3) is 0.929. The SMILES string of the molecule is CCN(C(C)CC(C)(N)C(=O)OC)C1CCCC1. The number of rotatable bonds is 6. The van der Waals surface area contributed by atoms with Crippen LogP contribution in [0.25, 0.3) is 0 Å². The second-order valence-electron chi connectivity index (χ2n) is 5.73. The van der Waals surface area contributed by atoms with Crippen LogP contribution in [0.1, 0.15) is 52.9 Å². The molecule has 0 bridgehead atoms. The molecule has 0 heterocycles. The number of esters is 1. The highest BCUT2D eigenvalue weighted by atomic mass is 16.5. The van der Waals surface area contributed by atoms with Crippen molar-refractivity contribution in [3.63, 3.8) is 0 Å². The Balaban J connectivity index is 2.61. The zero-order chi connectivity index (χ0) is 13.8. The zero-order valence-electron chi connectivity index (χ0n) is 12.2. The van der Waals surface area contributed by atoms with Gasteiger partial charge in [0.1, 0.15) is 5.54 Å². The minimum atomic E-state index is -0.889. The van der Waals surface area contributed by atoms with Crippen molar-refractivity contribution in [2.75, 3.05) is 13.7 Å². The molecular formula is C14H28N2O2. The second-order valence-corrected chi connectivity index (χ2v) is 5.73. The van der Waals surface area contributed by atoms with Gasteiger partial charge in [0, 0.05) is 12.1 Å². The summed E-state index contributed by atoms with van der Waals surface area (Å²) in [6, 6.07) is 0.977. The standard InChI is InChI=1S/C14H28N2O2/c1-5-16(12-8-6-7-9-12)11(2)10-14(3,15)13(17)18-4/h11-12H,5-10,15H2,1-4H3. The summed E-state index contributed by atoms with van der Waals surface area (Å²) in [6.07, 6.45) is 5.84. The van der Waals surface area contributed by atoms with Gasteiger partial charge in [-0.2, -0.15) is 0 Å². The predicted molar refractivity (Wildman–Crippen MR) is 73.3 cm³/mol. The Morgan fingerprint density at radius 2 is 2.06 bits per heavy atom. The molecule has 0 amide bonds. The summed E-state index contributed by atoms with van der Waals surface area (Å²) in [5, 5.41) is 0. The van der Waals surface area contributed by atoms with Crippen LogP contribution >= 0.6 is 0 Å². The van der Waals surface area contributed by atoms with Gasteiger partial charge in [-0.25, -0.2) is 0 Å². The maximum absolute atomic E-state index is 11.6. The number of nitrogens with two attached hydrogens (primary N) is 1. The summed E-state index contributed by atoms with van der Waals surface area (Å²) < 4.78 is 4.77. The molecule has 1 aliphatic rings. The highest BCUT2D eigenvalue weighted by molar-refractivity contribution is 5.79. The van der Waals surface area contributed by atoms with Gasteiger partial charge in [0.05, 0.1) is 7.11 Å². The fourth-order valence-electron chi connectivity index (χ4n) is 3.21. The molecule has 0 aliphatic heterocycles. The smallest absolute Gasteiger partial charge is 0.325 e. The average molecular weight is 256 g/mol. The van der Waals surface area contributed by atoms with Crippen LogP contribution in [0.15, 0.2) is 0 Å². The molecule has 1 rings (SSSR count). The third kappa shape index (κ3) is 3.69. The van der Waals surface area contributed by atoms with Crippen molar-refractivity contribution in [1.29, 1.82) is 0 Å². The zero-order valence-corrected chi connectivity index (χ0v) is 12.2. The topological polar surface area (TPSA) is 55.6 Å². The molecule has 2 unspecified atom stereocenters. The quantitative estimate of drug-likeness (QED) is 0.738. The van der Waals surface area contributed by atoms with E-state index in [-0.39, 0.29) is 5.97 Å². The van der Waals surface area contributed by atoms with Crippen LogP contribution in [0.2, 0.25) is 0 Å². The normalized spacial score (nSPS) is 21.9. The number of carbonyl (C=O) groups excluding carboxylic acids is 1. The van der Waals surface area contributed by atoms with Crippen LogP contribution in [-0.4, -0.2) is 42.1 Å². The molecule has 18 heavy (non-hydrogen) atoms. The van der Waals surface area contributed by atoms with E-state index in [2.05, 4.69) is 18.7 Å². The van der Waals surface area contributed by atoms with Gasteiger partial charge in [0.2, 0.25) is 0 Å². The van der Waals surface area contributed by atoms with Gasteiger partial charge in [-0.15, -0.1) is 0 Å². The molecule has 4 heteroatoms. The number of methoxy groups -OCH3 is 1.